The van der Waals surface area contributed by atoms with E-state index < -0.39 is 11.6 Å². The molecule has 0 bridgehead atoms. The highest BCUT2D eigenvalue weighted by molar-refractivity contribution is 7.07. The fourth-order valence-electron chi connectivity index (χ4n) is 1.49. The summed E-state index contributed by atoms with van der Waals surface area (Å²) in [4.78, 5) is 20.6. The summed E-state index contributed by atoms with van der Waals surface area (Å²) in [5.74, 6) is 0.109. The van der Waals surface area contributed by atoms with Crippen LogP contribution in [0.5, 0.6) is 0 Å². The smallest absolute Gasteiger partial charge is 0.331 e. The largest absolute Gasteiger partial charge is 0.458 e. The van der Waals surface area contributed by atoms with Crippen LogP contribution in [-0.4, -0.2) is 28.8 Å². The molecule has 1 unspecified atom stereocenters. The maximum absolute atomic E-state index is 12.1. The fraction of sp³-hybridized carbons (Fsp3) is 0.643. The van der Waals surface area contributed by atoms with Crippen molar-refractivity contribution in [3.05, 3.63) is 16.6 Å². The number of thiazole rings is 1. The minimum absolute atomic E-state index is 0.271. The van der Waals surface area contributed by atoms with Crippen LogP contribution in [0.25, 0.3) is 0 Å². The molecule has 0 saturated heterocycles. The summed E-state index contributed by atoms with van der Waals surface area (Å²) < 4.78 is 5.40. The van der Waals surface area contributed by atoms with Gasteiger partial charge in [-0.3, -0.25) is 4.99 Å². The van der Waals surface area contributed by atoms with Crippen LogP contribution in [-0.2, 0) is 9.53 Å². The van der Waals surface area contributed by atoms with Gasteiger partial charge in [0.25, 0.3) is 0 Å². The molecule has 0 spiro atoms. The van der Waals surface area contributed by atoms with E-state index in [-0.39, 0.29) is 5.97 Å². The summed E-state index contributed by atoms with van der Waals surface area (Å²) in [7, 11) is 0. The molecule has 1 atom stereocenters. The molecule has 1 heterocycles. The second-order valence-electron chi connectivity index (χ2n) is 5.87. The number of carbonyl (C=O) groups excluding carboxylic acids is 1. The second-order valence-corrected chi connectivity index (χ2v) is 6.59. The van der Waals surface area contributed by atoms with Crippen LogP contribution in [0.15, 0.2) is 15.9 Å². The zero-order valence-corrected chi connectivity index (χ0v) is 13.0. The van der Waals surface area contributed by atoms with Crippen molar-refractivity contribution in [3.8, 4) is 0 Å². The van der Waals surface area contributed by atoms with Gasteiger partial charge in [-0.2, -0.15) is 0 Å². The van der Waals surface area contributed by atoms with Gasteiger partial charge in [0.15, 0.2) is 0 Å². The van der Waals surface area contributed by atoms with E-state index in [1.54, 1.807) is 11.7 Å². The first-order chi connectivity index (χ1) is 8.78. The van der Waals surface area contributed by atoms with Gasteiger partial charge in [0, 0.05) is 11.6 Å². The van der Waals surface area contributed by atoms with E-state index in [0.29, 0.717) is 12.3 Å². The Kier molecular flexibility index (Phi) is 5.66. The van der Waals surface area contributed by atoms with Crippen molar-refractivity contribution in [3.63, 3.8) is 0 Å². The lowest BCUT2D eigenvalue weighted by Crippen LogP contribution is -2.31. The molecule has 0 aliphatic carbocycles. The Morgan fingerprint density at radius 3 is 2.68 bits per heavy atom. The van der Waals surface area contributed by atoms with E-state index in [0.717, 1.165) is 5.69 Å². The monoisotopic (exact) mass is 282 g/mol. The number of carbonyl (C=O) groups is 1. The first kappa shape index (κ1) is 15.8. The van der Waals surface area contributed by atoms with E-state index in [1.807, 2.05) is 26.2 Å². The molecule has 5 heteroatoms. The molecule has 0 amide bonds. The van der Waals surface area contributed by atoms with Crippen molar-refractivity contribution in [2.75, 3.05) is 0 Å². The van der Waals surface area contributed by atoms with E-state index in [9.17, 15) is 4.79 Å². The summed E-state index contributed by atoms with van der Waals surface area (Å²) in [6.45, 7) is 9.72. The third-order valence-electron chi connectivity index (χ3n) is 2.21. The van der Waals surface area contributed by atoms with Gasteiger partial charge in [-0.15, -0.1) is 11.3 Å². The van der Waals surface area contributed by atoms with E-state index in [1.165, 1.54) is 11.3 Å². The molecule has 1 aromatic rings. The lowest BCUT2D eigenvalue weighted by molar-refractivity contribution is -0.156. The maximum atomic E-state index is 12.1. The average molecular weight is 282 g/mol. The molecule has 0 aliphatic heterocycles. The number of hydrogen-bond donors (Lipinski definition) is 0. The Morgan fingerprint density at radius 2 is 2.21 bits per heavy atom. The topological polar surface area (TPSA) is 51.5 Å². The second kappa shape index (κ2) is 6.80. The molecule has 1 aromatic heterocycles. The van der Waals surface area contributed by atoms with Crippen LogP contribution >= 0.6 is 11.3 Å². The van der Waals surface area contributed by atoms with E-state index >= 15 is 0 Å². The third kappa shape index (κ3) is 6.47. The van der Waals surface area contributed by atoms with Gasteiger partial charge in [-0.05, 0) is 33.1 Å². The van der Waals surface area contributed by atoms with Crippen LogP contribution in [0.1, 0.15) is 46.7 Å². The highest BCUT2D eigenvalue weighted by Gasteiger charge is 2.25. The minimum atomic E-state index is -0.484. The highest BCUT2D eigenvalue weighted by atomic mass is 32.1. The molecule has 106 valence electrons. The molecule has 0 fully saturated rings. The SMILES string of the molecule is CC(C)CC(N=Cc1cscn1)C(=O)OC(C)(C)C. The Bertz CT molecular complexity index is 419. The zero-order valence-electron chi connectivity index (χ0n) is 12.2. The van der Waals surface area contributed by atoms with Gasteiger partial charge in [0.2, 0.25) is 0 Å². The fourth-order valence-corrected chi connectivity index (χ4v) is 1.99. The van der Waals surface area contributed by atoms with Gasteiger partial charge in [0.1, 0.15) is 11.6 Å². The summed E-state index contributed by atoms with van der Waals surface area (Å²) in [6.07, 6.45) is 2.32. The van der Waals surface area contributed by atoms with Gasteiger partial charge >= 0.3 is 5.97 Å². The molecular weight excluding hydrogens is 260 g/mol. The summed E-state index contributed by atoms with van der Waals surface area (Å²) in [5.41, 5.74) is 2.04. The van der Waals surface area contributed by atoms with Crippen molar-refractivity contribution >= 4 is 23.5 Å². The molecule has 0 radical (unpaired) electrons. The highest BCUT2D eigenvalue weighted by Crippen LogP contribution is 2.15. The lowest BCUT2D eigenvalue weighted by atomic mass is 10.0. The summed E-state index contributed by atoms with van der Waals surface area (Å²) in [5, 5.41) is 1.89. The molecule has 4 nitrogen and oxygen atoms in total. The predicted molar refractivity (Wildman–Crippen MR) is 78.8 cm³/mol. The average Bonchev–Trinajstić information content (AvgIpc) is 2.73. The Labute approximate surface area is 118 Å². The Morgan fingerprint density at radius 1 is 1.53 bits per heavy atom. The molecular formula is C14H22N2O2S. The van der Waals surface area contributed by atoms with Crippen LogP contribution in [0.2, 0.25) is 0 Å². The summed E-state index contributed by atoms with van der Waals surface area (Å²) >= 11 is 1.51. The van der Waals surface area contributed by atoms with Gasteiger partial charge in [-0.25, -0.2) is 9.78 Å². The third-order valence-corrected chi connectivity index (χ3v) is 2.82. The molecule has 1 rings (SSSR count). The first-order valence-corrected chi connectivity index (χ1v) is 7.36. The molecule has 0 saturated carbocycles. The van der Waals surface area contributed by atoms with Gasteiger partial charge in [0.05, 0.1) is 11.2 Å². The number of aliphatic imine (C=N–C) groups is 1. The van der Waals surface area contributed by atoms with Crippen molar-refractivity contribution in [1.29, 1.82) is 0 Å². The summed E-state index contributed by atoms with van der Waals surface area (Å²) in [6, 6.07) is -0.457. The number of nitrogens with zero attached hydrogens (tertiary/aromatic N) is 2. The minimum Gasteiger partial charge on any atom is -0.458 e. The first-order valence-electron chi connectivity index (χ1n) is 6.42. The van der Waals surface area contributed by atoms with E-state index in [4.69, 9.17) is 4.74 Å². The van der Waals surface area contributed by atoms with Crippen LogP contribution < -0.4 is 0 Å². The lowest BCUT2D eigenvalue weighted by Gasteiger charge is -2.23. The van der Waals surface area contributed by atoms with Crippen LogP contribution in [0, 0.1) is 5.92 Å². The van der Waals surface area contributed by atoms with E-state index in [2.05, 4.69) is 23.8 Å². The molecule has 19 heavy (non-hydrogen) atoms. The molecule has 0 aliphatic rings. The van der Waals surface area contributed by atoms with Gasteiger partial charge < -0.3 is 4.74 Å². The quantitative estimate of drug-likeness (QED) is 0.615. The Hall–Kier alpha value is -1.23. The molecule has 0 N–H and O–H groups in total. The number of rotatable bonds is 5. The predicted octanol–water partition coefficient (Wildman–Crippen LogP) is 3.32. The van der Waals surface area contributed by atoms with Crippen LogP contribution in [0.3, 0.4) is 0 Å². The number of ether oxygens (including phenoxy) is 1. The number of aromatic nitrogens is 1. The normalized spacial score (nSPS) is 14.0. The van der Waals surface area contributed by atoms with Crippen molar-refractivity contribution in [2.45, 2.75) is 52.7 Å². The van der Waals surface area contributed by atoms with Crippen molar-refractivity contribution < 1.29 is 9.53 Å². The van der Waals surface area contributed by atoms with Crippen LogP contribution in [0.4, 0.5) is 0 Å². The number of esters is 1. The standard InChI is InChI=1S/C14H22N2O2S/c1-10(2)6-12(13(17)18-14(3,4)5)15-7-11-8-19-9-16-11/h7-10,12H,6H2,1-5H3. The van der Waals surface area contributed by atoms with Crippen molar-refractivity contribution in [1.82, 2.24) is 4.98 Å². The van der Waals surface area contributed by atoms with Gasteiger partial charge in [-0.1, -0.05) is 13.8 Å². The van der Waals surface area contributed by atoms with Crippen molar-refractivity contribution in [2.24, 2.45) is 10.9 Å². The molecule has 0 aromatic carbocycles. The number of hydrogen-bond acceptors (Lipinski definition) is 5. The zero-order chi connectivity index (χ0) is 14.5. The maximum Gasteiger partial charge on any atom is 0.331 e. The Balaban J connectivity index is 2.74.